The van der Waals surface area contributed by atoms with Crippen molar-refractivity contribution in [1.82, 2.24) is 19.9 Å². The summed E-state index contributed by atoms with van der Waals surface area (Å²) in [7, 11) is 5.32. The smallest absolute Gasteiger partial charge is 0.413 e. The van der Waals surface area contributed by atoms with Gasteiger partial charge in [-0.2, -0.15) is 0 Å². The molecule has 0 saturated heterocycles. The molecule has 0 aliphatic heterocycles. The van der Waals surface area contributed by atoms with E-state index in [-0.39, 0.29) is 11.9 Å². The summed E-state index contributed by atoms with van der Waals surface area (Å²) in [5, 5.41) is 5.96. The second-order valence-corrected chi connectivity index (χ2v) is 9.20. The fraction of sp³-hybridized carbons (Fsp3) is 0.111. The molecular weight excluding hydrogens is 499 g/mol. The van der Waals surface area contributed by atoms with E-state index in [2.05, 4.69) is 40.0 Å². The van der Waals surface area contributed by atoms with Crippen LogP contribution in [0, 0.1) is 0 Å². The largest absolute Gasteiger partial charge is 0.453 e. The van der Waals surface area contributed by atoms with Crippen LogP contribution in [0.5, 0.6) is 0 Å². The number of hydrogen-bond donors (Lipinski definition) is 4. The number of anilines is 2. The number of nitrogens with zero attached hydrogens (tertiary/aromatic N) is 2. The third-order valence-electron chi connectivity index (χ3n) is 4.10. The molecule has 0 aliphatic rings. The Labute approximate surface area is 198 Å². The van der Waals surface area contributed by atoms with Crippen LogP contribution < -0.4 is 10.6 Å². The number of aromatic nitrogens is 4. The van der Waals surface area contributed by atoms with Crippen LogP contribution in [-0.4, -0.2) is 46.3 Å². The summed E-state index contributed by atoms with van der Waals surface area (Å²) in [6.45, 7) is 0. The molecule has 14 heteroatoms. The molecule has 2 aromatic heterocycles. The highest BCUT2D eigenvalue weighted by Gasteiger charge is 2.14. The molecule has 4 rings (SSSR count). The van der Waals surface area contributed by atoms with Crippen LogP contribution in [0.3, 0.4) is 0 Å². The van der Waals surface area contributed by atoms with Gasteiger partial charge in [0.05, 0.1) is 46.3 Å². The predicted molar refractivity (Wildman–Crippen MR) is 126 cm³/mol. The van der Waals surface area contributed by atoms with Crippen LogP contribution in [0.4, 0.5) is 21.5 Å². The number of nitrogens with one attached hydrogen (secondary N) is 4. The van der Waals surface area contributed by atoms with Crippen molar-refractivity contribution in [1.29, 1.82) is 0 Å². The number of imidazole rings is 2. The lowest BCUT2D eigenvalue weighted by Crippen LogP contribution is -2.11. The van der Waals surface area contributed by atoms with Gasteiger partial charge in [0.15, 0.2) is 0 Å². The SMILES string of the molecule is COC(=O)Nc1nc2cc(SSc3cc4nc(NC(=O)OC)[nH]c4cc3Cl)c(Cl)cc2[nH]1. The monoisotopic (exact) mass is 512 g/mol. The van der Waals surface area contributed by atoms with Gasteiger partial charge in [-0.05, 0) is 24.3 Å². The first-order chi connectivity index (χ1) is 15.4. The number of methoxy groups -OCH3 is 2. The van der Waals surface area contributed by atoms with Crippen molar-refractivity contribution in [2.24, 2.45) is 0 Å². The van der Waals surface area contributed by atoms with Crippen molar-refractivity contribution < 1.29 is 19.1 Å². The van der Waals surface area contributed by atoms with Gasteiger partial charge in [0, 0.05) is 9.79 Å². The number of rotatable bonds is 5. The number of H-pyrrole nitrogens is 2. The fourth-order valence-corrected chi connectivity index (χ4v) is 5.63. The van der Waals surface area contributed by atoms with Crippen molar-refractivity contribution in [3.63, 3.8) is 0 Å². The van der Waals surface area contributed by atoms with Crippen LogP contribution in [-0.2, 0) is 9.47 Å². The van der Waals surface area contributed by atoms with E-state index in [1.807, 2.05) is 0 Å². The summed E-state index contributed by atoms with van der Waals surface area (Å²) in [6, 6.07) is 7.04. The molecule has 32 heavy (non-hydrogen) atoms. The Morgan fingerprint density at radius 1 is 0.812 bits per heavy atom. The minimum absolute atomic E-state index is 0.251. The molecule has 4 aromatic rings. The van der Waals surface area contributed by atoms with Gasteiger partial charge in [-0.1, -0.05) is 44.8 Å². The van der Waals surface area contributed by atoms with Crippen molar-refractivity contribution in [3.05, 3.63) is 34.3 Å². The Hall–Kier alpha value is -2.80. The van der Waals surface area contributed by atoms with Gasteiger partial charge < -0.3 is 19.4 Å². The van der Waals surface area contributed by atoms with E-state index in [1.165, 1.54) is 35.8 Å². The molecule has 2 aromatic carbocycles. The van der Waals surface area contributed by atoms with E-state index in [4.69, 9.17) is 23.2 Å². The molecule has 0 spiro atoms. The first kappa shape index (κ1) is 22.4. The summed E-state index contributed by atoms with van der Waals surface area (Å²) in [5.41, 5.74) is 2.57. The first-order valence-electron chi connectivity index (χ1n) is 8.79. The molecule has 4 N–H and O–H groups in total. The number of halogens is 2. The molecule has 166 valence electrons. The molecule has 0 radical (unpaired) electrons. The summed E-state index contributed by atoms with van der Waals surface area (Å²) in [5.74, 6) is 0.502. The maximum atomic E-state index is 11.4. The third-order valence-corrected chi connectivity index (χ3v) is 7.40. The topological polar surface area (TPSA) is 134 Å². The van der Waals surface area contributed by atoms with E-state index in [1.54, 1.807) is 24.3 Å². The lowest BCUT2D eigenvalue weighted by Gasteiger charge is -2.05. The average molecular weight is 513 g/mol. The second-order valence-electron chi connectivity index (χ2n) is 6.17. The van der Waals surface area contributed by atoms with Crippen LogP contribution >= 0.6 is 44.8 Å². The molecular formula is C18H14Cl2N6O4S2. The van der Waals surface area contributed by atoms with Crippen LogP contribution in [0.25, 0.3) is 22.1 Å². The number of carbonyl (C=O) groups is 2. The Bertz CT molecular complexity index is 1240. The van der Waals surface area contributed by atoms with Crippen molar-refractivity contribution >= 4 is 90.9 Å². The standard InChI is InChI=1S/C18H14Cl2N6O4S2/c1-29-17(27)25-15-21-9-3-7(19)13(5-11(9)23-15)31-32-14-6-12-10(4-8(14)20)22-16(24-12)26-18(28)30-2/h3-6H,1-2H3,(H2,21,23,25,27)(H2,22,24,26,28). The second kappa shape index (κ2) is 9.36. The number of aromatic amines is 2. The minimum Gasteiger partial charge on any atom is -0.453 e. The van der Waals surface area contributed by atoms with Gasteiger partial charge in [-0.15, -0.1) is 0 Å². The predicted octanol–water partition coefficient (Wildman–Crippen LogP) is 5.90. The van der Waals surface area contributed by atoms with E-state index < -0.39 is 12.2 Å². The summed E-state index contributed by atoms with van der Waals surface area (Å²) in [6.07, 6.45) is -1.26. The molecule has 0 fully saturated rings. The Balaban J connectivity index is 1.54. The van der Waals surface area contributed by atoms with Gasteiger partial charge in [0.2, 0.25) is 11.9 Å². The average Bonchev–Trinajstić information content (AvgIpc) is 3.33. The fourth-order valence-electron chi connectivity index (χ4n) is 2.65. The third kappa shape index (κ3) is 4.83. The number of hydrogen-bond acceptors (Lipinski definition) is 8. The molecule has 2 amide bonds. The Kier molecular flexibility index (Phi) is 6.55. The molecule has 0 atom stereocenters. The minimum atomic E-state index is -0.631. The first-order valence-corrected chi connectivity index (χ1v) is 11.7. The summed E-state index contributed by atoms with van der Waals surface area (Å²) in [4.78, 5) is 38.8. The number of amides is 2. The van der Waals surface area contributed by atoms with Crippen molar-refractivity contribution in [2.45, 2.75) is 9.79 Å². The van der Waals surface area contributed by atoms with Crippen LogP contribution in [0.2, 0.25) is 10.0 Å². The highest BCUT2D eigenvalue weighted by atomic mass is 35.5. The van der Waals surface area contributed by atoms with Crippen LogP contribution in [0.15, 0.2) is 34.1 Å². The van der Waals surface area contributed by atoms with Gasteiger partial charge >= 0.3 is 12.2 Å². The van der Waals surface area contributed by atoms with E-state index in [0.29, 0.717) is 32.1 Å². The molecule has 0 unspecified atom stereocenters. The lowest BCUT2D eigenvalue weighted by molar-refractivity contribution is 0.186. The van der Waals surface area contributed by atoms with E-state index in [0.717, 1.165) is 9.79 Å². The Morgan fingerprint density at radius 3 is 1.59 bits per heavy atom. The summed E-state index contributed by atoms with van der Waals surface area (Å²) < 4.78 is 9.13. The maximum Gasteiger partial charge on any atom is 0.413 e. The van der Waals surface area contributed by atoms with Crippen LogP contribution in [0.1, 0.15) is 0 Å². The molecule has 2 heterocycles. The Morgan fingerprint density at radius 2 is 1.22 bits per heavy atom. The number of ether oxygens (including phenoxy) is 2. The van der Waals surface area contributed by atoms with Gasteiger partial charge in [-0.3, -0.25) is 10.6 Å². The lowest BCUT2D eigenvalue weighted by atomic mass is 10.3. The molecule has 10 nitrogen and oxygen atoms in total. The zero-order valence-corrected chi connectivity index (χ0v) is 19.6. The molecule has 0 saturated carbocycles. The maximum absolute atomic E-state index is 11.4. The number of benzene rings is 2. The highest BCUT2D eigenvalue weighted by Crippen LogP contribution is 2.45. The zero-order chi connectivity index (χ0) is 22.8. The zero-order valence-electron chi connectivity index (χ0n) is 16.4. The van der Waals surface area contributed by atoms with E-state index in [9.17, 15) is 9.59 Å². The normalized spacial score (nSPS) is 11.0. The number of fused-ring (bicyclic) bond motifs is 2. The molecule has 0 aliphatic carbocycles. The number of carbonyl (C=O) groups excluding carboxylic acids is 2. The molecule has 0 bridgehead atoms. The highest BCUT2D eigenvalue weighted by molar-refractivity contribution is 8.76. The van der Waals surface area contributed by atoms with Gasteiger partial charge in [-0.25, -0.2) is 19.6 Å². The quantitative estimate of drug-likeness (QED) is 0.242. The van der Waals surface area contributed by atoms with Gasteiger partial charge in [0.25, 0.3) is 0 Å². The van der Waals surface area contributed by atoms with E-state index >= 15 is 0 Å². The van der Waals surface area contributed by atoms with Crippen molar-refractivity contribution in [2.75, 3.05) is 24.9 Å². The van der Waals surface area contributed by atoms with Gasteiger partial charge in [0.1, 0.15) is 0 Å². The van der Waals surface area contributed by atoms with Crippen molar-refractivity contribution in [3.8, 4) is 0 Å². The summed E-state index contributed by atoms with van der Waals surface area (Å²) >= 11 is 12.8.